The molecular weight excluding hydrogens is 272 g/mol. The largest absolute Gasteiger partial charge is 0.300 e. The van der Waals surface area contributed by atoms with Gasteiger partial charge in [-0.05, 0) is 19.8 Å². The van der Waals surface area contributed by atoms with Crippen LogP contribution < -0.4 is 0 Å². The van der Waals surface area contributed by atoms with E-state index >= 15 is 0 Å². The number of carbonyl (C=O) groups is 2. The highest BCUT2D eigenvalue weighted by molar-refractivity contribution is 5.86. The van der Waals surface area contributed by atoms with Gasteiger partial charge in [-0.25, -0.2) is 0 Å². The second-order valence-electron chi connectivity index (χ2n) is 6.79. The summed E-state index contributed by atoms with van der Waals surface area (Å²) in [6.45, 7) is 6.04. The van der Waals surface area contributed by atoms with Crippen LogP contribution in [0, 0.1) is 5.92 Å². The van der Waals surface area contributed by atoms with Gasteiger partial charge in [-0.2, -0.15) is 0 Å². The van der Waals surface area contributed by atoms with Gasteiger partial charge in [0.15, 0.2) is 0 Å². The lowest BCUT2D eigenvalue weighted by Gasteiger charge is -2.14. The molecule has 0 aromatic rings. The van der Waals surface area contributed by atoms with E-state index in [1.807, 2.05) is 0 Å². The van der Waals surface area contributed by atoms with E-state index in [4.69, 9.17) is 0 Å². The molecular formula is C20H38O2. The van der Waals surface area contributed by atoms with E-state index in [2.05, 4.69) is 13.8 Å². The van der Waals surface area contributed by atoms with Crippen molar-refractivity contribution in [3.8, 4) is 0 Å². The number of rotatable bonds is 16. The minimum Gasteiger partial charge on any atom is -0.300 e. The van der Waals surface area contributed by atoms with Crippen molar-refractivity contribution in [1.82, 2.24) is 0 Å². The predicted molar refractivity (Wildman–Crippen MR) is 95.2 cm³/mol. The topological polar surface area (TPSA) is 34.1 Å². The van der Waals surface area contributed by atoms with Gasteiger partial charge in [0.2, 0.25) is 0 Å². The molecule has 0 heterocycles. The van der Waals surface area contributed by atoms with Gasteiger partial charge in [-0.15, -0.1) is 0 Å². The highest BCUT2D eigenvalue weighted by Crippen LogP contribution is 2.20. The van der Waals surface area contributed by atoms with Crippen LogP contribution in [-0.4, -0.2) is 11.6 Å². The minimum absolute atomic E-state index is 0.00477. The van der Waals surface area contributed by atoms with Gasteiger partial charge >= 0.3 is 0 Å². The fourth-order valence-electron chi connectivity index (χ4n) is 3.00. The molecule has 2 heteroatoms. The number of unbranched alkanes of at least 4 members (excludes halogenated alkanes) is 9. The number of hydrogen-bond donors (Lipinski definition) is 0. The van der Waals surface area contributed by atoms with E-state index in [0.717, 1.165) is 25.7 Å². The molecule has 0 bridgehead atoms. The molecule has 0 fully saturated rings. The van der Waals surface area contributed by atoms with Crippen molar-refractivity contribution in [1.29, 1.82) is 0 Å². The molecule has 130 valence electrons. The third kappa shape index (κ3) is 13.0. The number of carbonyl (C=O) groups excluding carboxylic acids is 2. The fraction of sp³-hybridized carbons (Fsp3) is 0.900. The number of hydrogen-bond acceptors (Lipinski definition) is 2. The maximum atomic E-state index is 12.3. The maximum Gasteiger partial charge on any atom is 0.136 e. The van der Waals surface area contributed by atoms with E-state index in [9.17, 15) is 9.59 Å². The molecule has 0 spiro atoms. The van der Waals surface area contributed by atoms with Crippen LogP contribution in [0.15, 0.2) is 0 Å². The standard InChI is InChI=1S/C20H38O2/c1-4-6-8-10-12-13-15-19(17-18(3)21)20(22)16-14-11-9-7-5-2/h19H,4-17H2,1-3H3. The van der Waals surface area contributed by atoms with Crippen molar-refractivity contribution < 1.29 is 9.59 Å². The SMILES string of the molecule is CCCCCCCCC(CC(C)=O)C(=O)CCCCCCC. The van der Waals surface area contributed by atoms with Gasteiger partial charge in [0, 0.05) is 18.8 Å². The molecule has 1 atom stereocenters. The summed E-state index contributed by atoms with van der Waals surface area (Å²) in [5.74, 6) is 0.491. The molecule has 1 unspecified atom stereocenters. The van der Waals surface area contributed by atoms with Gasteiger partial charge < -0.3 is 4.79 Å². The normalized spacial score (nSPS) is 12.3. The molecule has 0 aliphatic heterocycles. The van der Waals surface area contributed by atoms with Crippen molar-refractivity contribution in [2.75, 3.05) is 0 Å². The zero-order valence-corrected chi connectivity index (χ0v) is 15.3. The average molecular weight is 311 g/mol. The van der Waals surface area contributed by atoms with E-state index in [-0.39, 0.29) is 11.7 Å². The lowest BCUT2D eigenvalue weighted by atomic mass is 9.89. The first kappa shape index (κ1) is 21.3. The Hall–Kier alpha value is -0.660. The van der Waals surface area contributed by atoms with Crippen LogP contribution in [0.1, 0.15) is 111 Å². The monoisotopic (exact) mass is 310 g/mol. The molecule has 0 aromatic carbocycles. The molecule has 2 nitrogen and oxygen atoms in total. The van der Waals surface area contributed by atoms with E-state index in [1.165, 1.54) is 51.4 Å². The van der Waals surface area contributed by atoms with E-state index < -0.39 is 0 Å². The summed E-state index contributed by atoms with van der Waals surface area (Å²) in [5, 5.41) is 0. The van der Waals surface area contributed by atoms with Gasteiger partial charge in [0.05, 0.1) is 0 Å². The Kier molecular flexibility index (Phi) is 14.8. The Bertz CT molecular complexity index is 283. The number of ketones is 2. The molecule has 0 aromatic heterocycles. The minimum atomic E-state index is -0.00477. The third-order valence-electron chi connectivity index (χ3n) is 4.42. The summed E-state index contributed by atoms with van der Waals surface area (Å²) in [6, 6.07) is 0. The lowest BCUT2D eigenvalue weighted by molar-refractivity contribution is -0.127. The zero-order valence-electron chi connectivity index (χ0n) is 15.3. The average Bonchev–Trinajstić information content (AvgIpc) is 2.48. The van der Waals surface area contributed by atoms with Crippen LogP contribution in [0.3, 0.4) is 0 Å². The summed E-state index contributed by atoms with van der Waals surface area (Å²) < 4.78 is 0. The van der Waals surface area contributed by atoms with Crippen LogP contribution >= 0.6 is 0 Å². The summed E-state index contributed by atoms with van der Waals surface area (Å²) in [6.07, 6.45) is 15.4. The van der Waals surface area contributed by atoms with Crippen LogP contribution in [0.25, 0.3) is 0 Å². The third-order valence-corrected chi connectivity index (χ3v) is 4.42. The summed E-state index contributed by atoms with van der Waals surface area (Å²) in [5.41, 5.74) is 0. The van der Waals surface area contributed by atoms with E-state index in [0.29, 0.717) is 18.6 Å². The van der Waals surface area contributed by atoms with Crippen molar-refractivity contribution in [2.24, 2.45) is 5.92 Å². The van der Waals surface area contributed by atoms with Crippen molar-refractivity contribution >= 4 is 11.6 Å². The molecule has 0 N–H and O–H groups in total. The first-order chi connectivity index (χ1) is 10.6. The molecule has 0 saturated carbocycles. The molecule has 0 aliphatic rings. The molecule has 0 rings (SSSR count). The Labute approximate surface area is 138 Å². The maximum absolute atomic E-state index is 12.3. The van der Waals surface area contributed by atoms with Crippen LogP contribution in [0.5, 0.6) is 0 Å². The molecule has 0 radical (unpaired) electrons. The Morgan fingerprint density at radius 1 is 0.727 bits per heavy atom. The van der Waals surface area contributed by atoms with Crippen LogP contribution in [0.4, 0.5) is 0 Å². The summed E-state index contributed by atoms with van der Waals surface area (Å²) in [4.78, 5) is 23.7. The highest BCUT2D eigenvalue weighted by Gasteiger charge is 2.19. The van der Waals surface area contributed by atoms with Crippen LogP contribution in [0.2, 0.25) is 0 Å². The molecule has 22 heavy (non-hydrogen) atoms. The van der Waals surface area contributed by atoms with Crippen molar-refractivity contribution in [3.05, 3.63) is 0 Å². The molecule has 0 saturated heterocycles. The lowest BCUT2D eigenvalue weighted by Crippen LogP contribution is -2.17. The summed E-state index contributed by atoms with van der Waals surface area (Å²) >= 11 is 0. The molecule has 0 aliphatic carbocycles. The second kappa shape index (κ2) is 15.2. The summed E-state index contributed by atoms with van der Waals surface area (Å²) in [7, 11) is 0. The predicted octanol–water partition coefficient (Wildman–Crippen LogP) is 6.26. The first-order valence-corrected chi connectivity index (χ1v) is 9.63. The number of Topliss-reactive ketones (excluding diaryl/α,β-unsaturated/α-hetero) is 2. The van der Waals surface area contributed by atoms with Crippen molar-refractivity contribution in [3.63, 3.8) is 0 Å². The fourth-order valence-corrected chi connectivity index (χ4v) is 3.00. The van der Waals surface area contributed by atoms with Gasteiger partial charge in [-0.3, -0.25) is 4.79 Å². The van der Waals surface area contributed by atoms with Gasteiger partial charge in [0.1, 0.15) is 11.6 Å². The van der Waals surface area contributed by atoms with E-state index in [1.54, 1.807) is 6.92 Å². The Balaban J connectivity index is 3.93. The quantitative estimate of drug-likeness (QED) is 0.315. The molecule has 0 amide bonds. The van der Waals surface area contributed by atoms with Gasteiger partial charge in [-0.1, -0.05) is 78.1 Å². The zero-order chi connectivity index (χ0) is 16.6. The first-order valence-electron chi connectivity index (χ1n) is 9.63. The second-order valence-corrected chi connectivity index (χ2v) is 6.79. The highest BCUT2D eigenvalue weighted by atomic mass is 16.1. The Morgan fingerprint density at radius 2 is 1.23 bits per heavy atom. The van der Waals surface area contributed by atoms with Gasteiger partial charge in [0.25, 0.3) is 0 Å². The van der Waals surface area contributed by atoms with Crippen molar-refractivity contribution in [2.45, 2.75) is 111 Å². The smallest absolute Gasteiger partial charge is 0.136 e. The Morgan fingerprint density at radius 3 is 1.77 bits per heavy atom. The van der Waals surface area contributed by atoms with Crippen LogP contribution in [-0.2, 0) is 9.59 Å².